The number of carbonyl (C=O) groups excluding carboxylic acids is 2. The number of para-hydroxylation sites is 1. The number of anilines is 1. The Morgan fingerprint density at radius 2 is 1.91 bits per heavy atom. The summed E-state index contributed by atoms with van der Waals surface area (Å²) in [4.78, 5) is 38.7. The van der Waals surface area contributed by atoms with Gasteiger partial charge in [-0.15, -0.1) is 11.3 Å². The Bertz CT molecular complexity index is 1420. The van der Waals surface area contributed by atoms with Gasteiger partial charge in [0.05, 0.1) is 17.6 Å². The number of benzene rings is 2. The molecule has 0 aliphatic heterocycles. The third kappa shape index (κ3) is 3.94. The van der Waals surface area contributed by atoms with Crippen LogP contribution in [0.15, 0.2) is 63.2 Å². The van der Waals surface area contributed by atoms with Gasteiger partial charge >= 0.3 is 5.97 Å². The third-order valence-electron chi connectivity index (χ3n) is 4.55. The van der Waals surface area contributed by atoms with Crippen molar-refractivity contribution in [2.45, 2.75) is 6.92 Å². The van der Waals surface area contributed by atoms with Gasteiger partial charge < -0.3 is 10.1 Å². The molecule has 4 rings (SSSR count). The number of ether oxygens (including phenoxy) is 1. The second-order valence-corrected chi connectivity index (χ2v) is 8.26. The predicted molar refractivity (Wildman–Crippen MR) is 123 cm³/mol. The zero-order valence-electron chi connectivity index (χ0n) is 16.6. The second-order valence-electron chi connectivity index (χ2n) is 6.52. The van der Waals surface area contributed by atoms with E-state index in [1.54, 1.807) is 37.3 Å². The number of hydrogen-bond acceptors (Lipinski definition) is 6. The molecule has 2 heterocycles. The van der Waals surface area contributed by atoms with Gasteiger partial charge in [-0.1, -0.05) is 24.3 Å². The number of carbonyl (C=O) groups is 2. The summed E-state index contributed by atoms with van der Waals surface area (Å²) in [6.45, 7) is 1.73. The highest BCUT2D eigenvalue weighted by atomic mass is 79.9. The molecule has 2 aromatic heterocycles. The number of amides is 1. The van der Waals surface area contributed by atoms with Gasteiger partial charge in [-0.2, -0.15) is 9.78 Å². The van der Waals surface area contributed by atoms with Crippen LogP contribution < -0.4 is 10.9 Å². The first-order valence-corrected chi connectivity index (χ1v) is 11.1. The fourth-order valence-electron chi connectivity index (χ4n) is 3.09. The van der Waals surface area contributed by atoms with E-state index in [0.29, 0.717) is 10.0 Å². The normalized spacial score (nSPS) is 10.8. The maximum atomic E-state index is 14.5. The van der Waals surface area contributed by atoms with Gasteiger partial charge in [0, 0.05) is 15.2 Å². The minimum absolute atomic E-state index is 0.0386. The average molecular weight is 516 g/mol. The van der Waals surface area contributed by atoms with E-state index < -0.39 is 23.3 Å². The molecule has 4 aromatic rings. The van der Waals surface area contributed by atoms with Crippen LogP contribution in [0.3, 0.4) is 0 Å². The van der Waals surface area contributed by atoms with Gasteiger partial charge in [-0.25, -0.2) is 9.18 Å². The number of hydrogen-bond donors (Lipinski definition) is 1. The van der Waals surface area contributed by atoms with Gasteiger partial charge in [0.1, 0.15) is 16.5 Å². The molecule has 10 heteroatoms. The summed E-state index contributed by atoms with van der Waals surface area (Å²) in [6.07, 6.45) is 0. The summed E-state index contributed by atoms with van der Waals surface area (Å²) in [6, 6.07) is 12.4. The summed E-state index contributed by atoms with van der Waals surface area (Å²) in [5, 5.41) is 8.81. The number of nitrogens with zero attached hydrogens (tertiary/aromatic N) is 2. The molecule has 7 nitrogen and oxygen atoms in total. The summed E-state index contributed by atoms with van der Waals surface area (Å²) in [5.41, 5.74) is -0.591. The first-order valence-electron chi connectivity index (χ1n) is 9.44. The molecule has 32 heavy (non-hydrogen) atoms. The van der Waals surface area contributed by atoms with Gasteiger partial charge in [-0.3, -0.25) is 9.59 Å². The highest BCUT2D eigenvalue weighted by Gasteiger charge is 2.24. The van der Waals surface area contributed by atoms with E-state index in [2.05, 4.69) is 26.3 Å². The van der Waals surface area contributed by atoms with Crippen LogP contribution >= 0.6 is 27.3 Å². The fourth-order valence-corrected chi connectivity index (χ4v) is 4.49. The van der Waals surface area contributed by atoms with Crippen LogP contribution in [0, 0.1) is 5.82 Å². The zero-order valence-corrected chi connectivity index (χ0v) is 19.0. The lowest BCUT2D eigenvalue weighted by molar-refractivity contribution is 0.0519. The van der Waals surface area contributed by atoms with Crippen LogP contribution in [0.25, 0.3) is 16.5 Å². The number of esters is 1. The van der Waals surface area contributed by atoms with Crippen LogP contribution in [-0.4, -0.2) is 28.3 Å². The molecule has 0 unspecified atom stereocenters. The number of fused-ring (bicyclic) bond motifs is 1. The lowest BCUT2D eigenvalue weighted by Crippen LogP contribution is -2.26. The fraction of sp³-hybridized carbons (Fsp3) is 0.0909. The van der Waals surface area contributed by atoms with Crippen molar-refractivity contribution in [2.75, 3.05) is 11.9 Å². The first kappa shape index (κ1) is 21.8. The predicted octanol–water partition coefficient (Wildman–Crippen LogP) is 4.78. The van der Waals surface area contributed by atoms with E-state index in [-0.39, 0.29) is 33.8 Å². The Kier molecular flexibility index (Phi) is 6.15. The molecular formula is C22H15BrFN3O4S. The SMILES string of the molecule is CCOC(=O)c1nn(-c2ccccc2F)c(=O)c2c(NC(=O)c3ccccc3Br)scc12. The van der Waals surface area contributed by atoms with E-state index >= 15 is 0 Å². The molecule has 0 saturated carbocycles. The van der Waals surface area contributed by atoms with E-state index in [4.69, 9.17) is 4.74 Å². The molecule has 0 aliphatic carbocycles. The van der Waals surface area contributed by atoms with Crippen LogP contribution in [0.4, 0.5) is 9.39 Å². The molecule has 1 N–H and O–H groups in total. The van der Waals surface area contributed by atoms with Gasteiger partial charge in [0.25, 0.3) is 11.5 Å². The Hall–Kier alpha value is -3.37. The Balaban J connectivity index is 1.92. The van der Waals surface area contributed by atoms with Crippen molar-refractivity contribution in [3.63, 3.8) is 0 Å². The molecular weight excluding hydrogens is 501 g/mol. The number of rotatable bonds is 5. The first-order chi connectivity index (χ1) is 15.4. The molecule has 0 bridgehead atoms. The quantitative estimate of drug-likeness (QED) is 0.386. The highest BCUT2D eigenvalue weighted by Crippen LogP contribution is 2.31. The Morgan fingerprint density at radius 1 is 1.19 bits per heavy atom. The number of nitrogens with one attached hydrogen (secondary N) is 1. The number of aromatic nitrogens is 2. The average Bonchev–Trinajstić information content (AvgIpc) is 3.19. The topological polar surface area (TPSA) is 90.3 Å². The minimum Gasteiger partial charge on any atom is -0.461 e. The molecule has 0 atom stereocenters. The van der Waals surface area contributed by atoms with E-state index in [1.807, 2.05) is 0 Å². The smallest absolute Gasteiger partial charge is 0.359 e. The molecule has 0 spiro atoms. The molecule has 0 saturated heterocycles. The highest BCUT2D eigenvalue weighted by molar-refractivity contribution is 9.10. The maximum Gasteiger partial charge on any atom is 0.359 e. The van der Waals surface area contributed by atoms with Crippen molar-refractivity contribution in [1.82, 2.24) is 9.78 Å². The lowest BCUT2D eigenvalue weighted by Gasteiger charge is -2.10. The van der Waals surface area contributed by atoms with E-state index in [0.717, 1.165) is 16.0 Å². The zero-order chi connectivity index (χ0) is 22.8. The van der Waals surface area contributed by atoms with Gasteiger partial charge in [0.2, 0.25) is 0 Å². The van der Waals surface area contributed by atoms with Crippen LogP contribution in [0.1, 0.15) is 27.8 Å². The minimum atomic E-state index is -0.760. The van der Waals surface area contributed by atoms with Gasteiger partial charge in [-0.05, 0) is 47.1 Å². The molecule has 0 radical (unpaired) electrons. The second kappa shape index (κ2) is 9.01. The van der Waals surface area contributed by atoms with Crippen molar-refractivity contribution in [3.8, 4) is 5.69 Å². The van der Waals surface area contributed by atoms with Crippen molar-refractivity contribution in [2.24, 2.45) is 0 Å². The molecule has 162 valence electrons. The van der Waals surface area contributed by atoms with Crippen LogP contribution in [0.2, 0.25) is 0 Å². The maximum absolute atomic E-state index is 14.5. The Morgan fingerprint density at radius 3 is 2.62 bits per heavy atom. The van der Waals surface area contributed by atoms with Crippen molar-refractivity contribution >= 4 is 54.9 Å². The number of halogens is 2. The van der Waals surface area contributed by atoms with Crippen molar-refractivity contribution in [3.05, 3.63) is 85.8 Å². The monoisotopic (exact) mass is 515 g/mol. The van der Waals surface area contributed by atoms with Crippen LogP contribution in [0.5, 0.6) is 0 Å². The van der Waals surface area contributed by atoms with E-state index in [9.17, 15) is 18.8 Å². The summed E-state index contributed by atoms with van der Waals surface area (Å²) >= 11 is 4.39. The van der Waals surface area contributed by atoms with Gasteiger partial charge in [0.15, 0.2) is 5.69 Å². The Labute approximate surface area is 193 Å². The van der Waals surface area contributed by atoms with Crippen LogP contribution in [-0.2, 0) is 4.74 Å². The third-order valence-corrected chi connectivity index (χ3v) is 6.13. The molecule has 2 aromatic carbocycles. The van der Waals surface area contributed by atoms with Crippen molar-refractivity contribution < 1.29 is 18.7 Å². The standard InChI is InChI=1S/C22H15BrFN3O4S/c1-2-31-22(30)18-13-11-32-20(25-19(28)12-7-3-4-8-14(12)23)17(13)21(29)27(26-18)16-10-6-5-9-15(16)24/h3-11H,2H2,1H3,(H,25,28). The largest absolute Gasteiger partial charge is 0.461 e. The van der Waals surface area contributed by atoms with Crippen molar-refractivity contribution in [1.29, 1.82) is 0 Å². The summed E-state index contributed by atoms with van der Waals surface area (Å²) in [7, 11) is 0. The summed E-state index contributed by atoms with van der Waals surface area (Å²) < 4.78 is 20.9. The lowest BCUT2D eigenvalue weighted by atomic mass is 10.2. The van der Waals surface area contributed by atoms with E-state index in [1.165, 1.54) is 23.6 Å². The molecule has 0 fully saturated rings. The molecule has 0 aliphatic rings. The summed E-state index contributed by atoms with van der Waals surface area (Å²) in [5.74, 6) is -1.90. The molecule has 1 amide bonds. The number of thiophene rings is 1.